The van der Waals surface area contributed by atoms with Crippen LogP contribution in [0.3, 0.4) is 0 Å². The molecule has 1 amide bonds. The molecule has 2 aromatic carbocycles. The summed E-state index contributed by atoms with van der Waals surface area (Å²) in [4.78, 5) is 15.1. The largest absolute Gasteiger partial charge is 0.497 e. The van der Waals surface area contributed by atoms with Crippen LogP contribution in [0.25, 0.3) is 11.3 Å². The van der Waals surface area contributed by atoms with E-state index in [0.717, 1.165) is 34.6 Å². The molecule has 1 aliphatic rings. The Bertz CT molecular complexity index is 1060. The van der Waals surface area contributed by atoms with Gasteiger partial charge in [0.05, 0.1) is 33.1 Å². The molecule has 0 saturated heterocycles. The second kappa shape index (κ2) is 8.10. The number of carbonyl (C=O) groups excluding carboxylic acids is 1. The standard InChI is InChI=1S/C23H25N3O4/c1-5-12-26-22(17-11-10-16(29-3)13-18(17)30-4)19-20(24-25-21(19)23(26)27)14-6-8-15(28-2)9-7-14/h6-11,13,22H,5,12H2,1-4H3,(H,24,25). The highest BCUT2D eigenvalue weighted by molar-refractivity contribution is 6.00. The molecule has 1 aromatic heterocycles. The van der Waals surface area contributed by atoms with E-state index in [1.165, 1.54) is 0 Å². The molecule has 7 nitrogen and oxygen atoms in total. The SMILES string of the molecule is CCCN1C(=O)c2[nH]nc(-c3ccc(OC)cc3)c2C1c1ccc(OC)cc1OC. The lowest BCUT2D eigenvalue weighted by Crippen LogP contribution is -2.30. The lowest BCUT2D eigenvalue weighted by atomic mass is 9.95. The number of nitrogens with one attached hydrogen (secondary N) is 1. The van der Waals surface area contributed by atoms with Crippen LogP contribution in [0.15, 0.2) is 42.5 Å². The Morgan fingerprint density at radius 3 is 2.33 bits per heavy atom. The average molecular weight is 407 g/mol. The fraction of sp³-hybridized carbons (Fsp3) is 0.304. The van der Waals surface area contributed by atoms with Crippen LogP contribution in [0.2, 0.25) is 0 Å². The van der Waals surface area contributed by atoms with E-state index in [-0.39, 0.29) is 11.9 Å². The van der Waals surface area contributed by atoms with Crippen LogP contribution < -0.4 is 14.2 Å². The molecule has 0 aliphatic carbocycles. The maximum absolute atomic E-state index is 13.2. The molecule has 2 heterocycles. The number of rotatable bonds is 7. The molecule has 1 aliphatic heterocycles. The first-order valence-corrected chi connectivity index (χ1v) is 9.88. The molecule has 1 atom stereocenters. The van der Waals surface area contributed by atoms with Crippen LogP contribution in [0.4, 0.5) is 0 Å². The molecule has 1 unspecified atom stereocenters. The number of H-pyrrole nitrogens is 1. The van der Waals surface area contributed by atoms with Crippen LogP contribution in [0.1, 0.15) is 41.0 Å². The lowest BCUT2D eigenvalue weighted by molar-refractivity contribution is 0.0742. The Hall–Kier alpha value is -3.48. The number of nitrogens with zero attached hydrogens (tertiary/aromatic N) is 2. The van der Waals surface area contributed by atoms with Gasteiger partial charge in [-0.15, -0.1) is 0 Å². The number of amides is 1. The third-order valence-electron chi connectivity index (χ3n) is 5.43. The highest BCUT2D eigenvalue weighted by Gasteiger charge is 2.42. The number of hydrogen-bond acceptors (Lipinski definition) is 5. The van der Waals surface area contributed by atoms with Gasteiger partial charge < -0.3 is 19.1 Å². The zero-order valence-corrected chi connectivity index (χ0v) is 17.6. The molecule has 1 N–H and O–H groups in total. The minimum Gasteiger partial charge on any atom is -0.497 e. The summed E-state index contributed by atoms with van der Waals surface area (Å²) in [7, 11) is 4.88. The van der Waals surface area contributed by atoms with Crippen molar-refractivity contribution in [2.75, 3.05) is 27.9 Å². The van der Waals surface area contributed by atoms with Crippen molar-refractivity contribution in [3.63, 3.8) is 0 Å². The molecular formula is C23H25N3O4. The van der Waals surface area contributed by atoms with Gasteiger partial charge in [-0.3, -0.25) is 9.89 Å². The van der Waals surface area contributed by atoms with Gasteiger partial charge in [0.2, 0.25) is 0 Å². The normalized spacial score (nSPS) is 15.3. The summed E-state index contributed by atoms with van der Waals surface area (Å²) in [5.74, 6) is 2.08. The van der Waals surface area contributed by atoms with E-state index >= 15 is 0 Å². The maximum atomic E-state index is 13.2. The third kappa shape index (κ3) is 3.16. The summed E-state index contributed by atoms with van der Waals surface area (Å²) < 4.78 is 16.3. The minimum atomic E-state index is -0.302. The zero-order valence-electron chi connectivity index (χ0n) is 17.6. The van der Waals surface area contributed by atoms with E-state index in [1.54, 1.807) is 21.3 Å². The van der Waals surface area contributed by atoms with E-state index in [0.29, 0.717) is 23.7 Å². The van der Waals surface area contributed by atoms with Crippen molar-refractivity contribution in [1.82, 2.24) is 15.1 Å². The van der Waals surface area contributed by atoms with Crippen molar-refractivity contribution >= 4 is 5.91 Å². The fourth-order valence-electron chi connectivity index (χ4n) is 4.00. The number of aromatic nitrogens is 2. The van der Waals surface area contributed by atoms with E-state index in [1.807, 2.05) is 47.4 Å². The Morgan fingerprint density at radius 1 is 1.00 bits per heavy atom. The summed E-state index contributed by atoms with van der Waals surface area (Å²) >= 11 is 0. The summed E-state index contributed by atoms with van der Waals surface area (Å²) in [5.41, 5.74) is 3.95. The quantitative estimate of drug-likeness (QED) is 0.639. The van der Waals surface area contributed by atoms with Crippen LogP contribution in [-0.4, -0.2) is 48.9 Å². The number of methoxy groups -OCH3 is 3. The third-order valence-corrected chi connectivity index (χ3v) is 5.43. The van der Waals surface area contributed by atoms with Crippen molar-refractivity contribution in [3.8, 4) is 28.5 Å². The smallest absolute Gasteiger partial charge is 0.273 e. The van der Waals surface area contributed by atoms with Gasteiger partial charge in [-0.25, -0.2) is 0 Å². The van der Waals surface area contributed by atoms with Crippen LogP contribution in [-0.2, 0) is 0 Å². The molecular weight excluding hydrogens is 382 g/mol. The van der Waals surface area contributed by atoms with Gasteiger partial charge in [0, 0.05) is 29.3 Å². The van der Waals surface area contributed by atoms with Gasteiger partial charge in [-0.05, 0) is 42.8 Å². The Balaban J connectivity index is 1.88. The Kier molecular flexibility index (Phi) is 5.35. The zero-order chi connectivity index (χ0) is 21.3. The van der Waals surface area contributed by atoms with Crippen molar-refractivity contribution in [1.29, 1.82) is 0 Å². The number of fused-ring (bicyclic) bond motifs is 1. The summed E-state index contributed by atoms with van der Waals surface area (Å²) in [6.07, 6.45) is 0.844. The second-order valence-corrected chi connectivity index (χ2v) is 7.10. The van der Waals surface area contributed by atoms with Crippen molar-refractivity contribution in [3.05, 3.63) is 59.3 Å². The molecule has 0 radical (unpaired) electrons. The number of carbonyl (C=O) groups is 1. The van der Waals surface area contributed by atoms with Crippen molar-refractivity contribution < 1.29 is 19.0 Å². The topological polar surface area (TPSA) is 76.7 Å². The van der Waals surface area contributed by atoms with Gasteiger partial charge in [0.1, 0.15) is 22.9 Å². The maximum Gasteiger partial charge on any atom is 0.273 e. The summed E-state index contributed by atoms with van der Waals surface area (Å²) in [5, 5.41) is 7.47. The van der Waals surface area contributed by atoms with Gasteiger partial charge in [-0.2, -0.15) is 5.10 Å². The minimum absolute atomic E-state index is 0.0537. The van der Waals surface area contributed by atoms with Gasteiger partial charge in [0.15, 0.2) is 0 Å². The average Bonchev–Trinajstić information content (AvgIpc) is 3.33. The second-order valence-electron chi connectivity index (χ2n) is 7.10. The van der Waals surface area contributed by atoms with E-state index in [2.05, 4.69) is 17.1 Å². The number of benzene rings is 2. The molecule has 30 heavy (non-hydrogen) atoms. The van der Waals surface area contributed by atoms with Crippen LogP contribution in [0, 0.1) is 0 Å². The first-order valence-electron chi connectivity index (χ1n) is 9.88. The van der Waals surface area contributed by atoms with Crippen LogP contribution in [0.5, 0.6) is 17.2 Å². The Morgan fingerprint density at radius 2 is 1.70 bits per heavy atom. The van der Waals surface area contributed by atoms with Gasteiger partial charge in [-0.1, -0.05) is 6.92 Å². The number of aromatic amines is 1. The molecule has 0 fully saturated rings. The molecule has 0 saturated carbocycles. The molecule has 0 spiro atoms. The lowest BCUT2D eigenvalue weighted by Gasteiger charge is -2.27. The predicted molar refractivity (Wildman–Crippen MR) is 113 cm³/mol. The molecule has 7 heteroatoms. The first-order chi connectivity index (χ1) is 14.6. The summed E-state index contributed by atoms with van der Waals surface area (Å²) in [6, 6.07) is 13.1. The van der Waals surface area contributed by atoms with E-state index < -0.39 is 0 Å². The fourth-order valence-corrected chi connectivity index (χ4v) is 4.00. The molecule has 4 rings (SSSR count). The molecule has 156 valence electrons. The first kappa shape index (κ1) is 19.8. The van der Waals surface area contributed by atoms with Crippen LogP contribution >= 0.6 is 0 Å². The van der Waals surface area contributed by atoms with Crippen molar-refractivity contribution in [2.24, 2.45) is 0 Å². The number of hydrogen-bond donors (Lipinski definition) is 1. The van der Waals surface area contributed by atoms with E-state index in [9.17, 15) is 4.79 Å². The van der Waals surface area contributed by atoms with Crippen molar-refractivity contribution in [2.45, 2.75) is 19.4 Å². The van der Waals surface area contributed by atoms with Gasteiger partial charge >= 0.3 is 0 Å². The highest BCUT2D eigenvalue weighted by Crippen LogP contribution is 2.46. The number of ether oxygens (including phenoxy) is 3. The highest BCUT2D eigenvalue weighted by atomic mass is 16.5. The molecule has 0 bridgehead atoms. The van der Waals surface area contributed by atoms with Gasteiger partial charge in [0.25, 0.3) is 5.91 Å². The van der Waals surface area contributed by atoms with E-state index in [4.69, 9.17) is 14.2 Å². The monoisotopic (exact) mass is 407 g/mol. The Labute approximate surface area is 175 Å². The summed E-state index contributed by atoms with van der Waals surface area (Å²) in [6.45, 7) is 2.69. The molecule has 3 aromatic rings. The predicted octanol–water partition coefficient (Wildman–Crippen LogP) is 4.06.